The van der Waals surface area contributed by atoms with Gasteiger partial charge in [0.15, 0.2) is 0 Å². The molecule has 0 aromatic heterocycles. The SMILES string of the molecule is O=C(OOC(=O)c1ccc(Cl)cc1Cl)c1ccc(Cl)cc1. The molecule has 0 radical (unpaired) electrons. The van der Waals surface area contributed by atoms with E-state index in [2.05, 4.69) is 9.78 Å². The molecule has 108 valence electrons. The maximum atomic E-state index is 11.7. The maximum absolute atomic E-state index is 11.7. The molecule has 0 heterocycles. The fraction of sp³-hybridized carbons (Fsp3) is 0. The van der Waals surface area contributed by atoms with Crippen LogP contribution in [0.4, 0.5) is 0 Å². The van der Waals surface area contributed by atoms with Gasteiger partial charge in [-0.3, -0.25) is 0 Å². The van der Waals surface area contributed by atoms with Crippen LogP contribution in [0.1, 0.15) is 20.7 Å². The van der Waals surface area contributed by atoms with Gasteiger partial charge in [0, 0.05) is 10.0 Å². The van der Waals surface area contributed by atoms with E-state index in [0.29, 0.717) is 10.0 Å². The Labute approximate surface area is 135 Å². The van der Waals surface area contributed by atoms with E-state index in [1.807, 2.05) is 0 Å². The first kappa shape index (κ1) is 15.6. The predicted octanol–water partition coefficient (Wildman–Crippen LogP) is 4.58. The Kier molecular flexibility index (Phi) is 5.07. The molecule has 0 fully saturated rings. The zero-order valence-corrected chi connectivity index (χ0v) is 12.6. The summed E-state index contributed by atoms with van der Waals surface area (Å²) in [5, 5.41) is 0.932. The van der Waals surface area contributed by atoms with Crippen LogP contribution in [0, 0.1) is 0 Å². The lowest BCUT2D eigenvalue weighted by atomic mass is 10.2. The minimum absolute atomic E-state index is 0.0324. The fourth-order valence-corrected chi connectivity index (χ4v) is 2.02. The Balaban J connectivity index is 2.00. The number of hydrogen-bond donors (Lipinski definition) is 0. The average molecular weight is 346 g/mol. The van der Waals surface area contributed by atoms with E-state index in [9.17, 15) is 9.59 Å². The first-order valence-electron chi connectivity index (χ1n) is 5.61. The van der Waals surface area contributed by atoms with Crippen LogP contribution < -0.4 is 0 Å². The highest BCUT2D eigenvalue weighted by atomic mass is 35.5. The molecule has 7 heteroatoms. The summed E-state index contributed by atoms with van der Waals surface area (Å²) in [4.78, 5) is 32.2. The van der Waals surface area contributed by atoms with Crippen LogP contribution in [0.25, 0.3) is 0 Å². The van der Waals surface area contributed by atoms with Gasteiger partial charge in [-0.25, -0.2) is 19.4 Å². The van der Waals surface area contributed by atoms with E-state index in [-0.39, 0.29) is 16.1 Å². The molecule has 0 unspecified atom stereocenters. The standard InChI is InChI=1S/C14H7Cl3O4/c15-9-3-1-8(2-4-9)13(18)20-21-14(19)11-6-5-10(16)7-12(11)17/h1-7H. The van der Waals surface area contributed by atoms with E-state index in [4.69, 9.17) is 34.8 Å². The van der Waals surface area contributed by atoms with Gasteiger partial charge in [-0.1, -0.05) is 34.8 Å². The second-order valence-corrected chi connectivity index (χ2v) is 5.15. The van der Waals surface area contributed by atoms with Crippen LogP contribution in [0.15, 0.2) is 42.5 Å². The third kappa shape index (κ3) is 4.11. The summed E-state index contributed by atoms with van der Waals surface area (Å²) in [7, 11) is 0. The lowest BCUT2D eigenvalue weighted by molar-refractivity contribution is -0.187. The molecule has 0 bridgehead atoms. The van der Waals surface area contributed by atoms with Crippen LogP contribution in [-0.2, 0) is 9.78 Å². The molecular formula is C14H7Cl3O4. The fourth-order valence-electron chi connectivity index (χ4n) is 1.41. The van der Waals surface area contributed by atoms with E-state index >= 15 is 0 Å². The molecule has 2 aromatic carbocycles. The summed E-state index contributed by atoms with van der Waals surface area (Å²) in [6, 6.07) is 10.1. The van der Waals surface area contributed by atoms with Gasteiger partial charge >= 0.3 is 11.9 Å². The van der Waals surface area contributed by atoms with E-state index in [1.165, 1.54) is 42.5 Å². The van der Waals surface area contributed by atoms with Crippen LogP contribution >= 0.6 is 34.8 Å². The third-order valence-electron chi connectivity index (χ3n) is 2.42. The number of rotatable bonds is 2. The minimum atomic E-state index is -0.904. The van der Waals surface area contributed by atoms with Crippen molar-refractivity contribution in [1.29, 1.82) is 0 Å². The Morgan fingerprint density at radius 1 is 0.762 bits per heavy atom. The second kappa shape index (κ2) is 6.80. The molecule has 0 atom stereocenters. The molecule has 0 aliphatic heterocycles. The quantitative estimate of drug-likeness (QED) is 0.591. The number of carbonyl (C=O) groups is 2. The Bertz CT molecular complexity index is 683. The van der Waals surface area contributed by atoms with Crippen molar-refractivity contribution in [2.24, 2.45) is 0 Å². The van der Waals surface area contributed by atoms with Crippen molar-refractivity contribution in [1.82, 2.24) is 0 Å². The summed E-state index contributed by atoms with van der Waals surface area (Å²) in [5.41, 5.74) is 0.222. The van der Waals surface area contributed by atoms with Crippen LogP contribution in [-0.4, -0.2) is 11.9 Å². The maximum Gasteiger partial charge on any atom is 0.387 e. The van der Waals surface area contributed by atoms with Crippen molar-refractivity contribution in [2.75, 3.05) is 0 Å². The molecule has 21 heavy (non-hydrogen) atoms. The van der Waals surface area contributed by atoms with E-state index in [1.54, 1.807) is 0 Å². The van der Waals surface area contributed by atoms with Crippen LogP contribution in [0.3, 0.4) is 0 Å². The molecule has 0 aliphatic carbocycles. The van der Waals surface area contributed by atoms with Gasteiger partial charge < -0.3 is 0 Å². The van der Waals surface area contributed by atoms with Crippen molar-refractivity contribution in [2.45, 2.75) is 0 Å². The zero-order valence-electron chi connectivity index (χ0n) is 10.3. The van der Waals surface area contributed by atoms with E-state index in [0.717, 1.165) is 0 Å². The molecule has 4 nitrogen and oxygen atoms in total. The topological polar surface area (TPSA) is 52.6 Å². The summed E-state index contributed by atoms with van der Waals surface area (Å²) in [6.45, 7) is 0. The number of halogens is 3. The summed E-state index contributed by atoms with van der Waals surface area (Å²) in [6.07, 6.45) is 0. The first-order valence-corrected chi connectivity index (χ1v) is 6.74. The van der Waals surface area contributed by atoms with Crippen molar-refractivity contribution in [3.8, 4) is 0 Å². The molecular weight excluding hydrogens is 339 g/mol. The van der Waals surface area contributed by atoms with Gasteiger partial charge in [-0.15, -0.1) is 0 Å². The smallest absolute Gasteiger partial charge is 0.242 e. The van der Waals surface area contributed by atoms with E-state index < -0.39 is 11.9 Å². The van der Waals surface area contributed by atoms with Crippen molar-refractivity contribution in [3.05, 3.63) is 68.7 Å². The molecule has 0 amide bonds. The second-order valence-electron chi connectivity index (χ2n) is 3.87. The van der Waals surface area contributed by atoms with Crippen LogP contribution in [0.2, 0.25) is 15.1 Å². The Morgan fingerprint density at radius 2 is 1.33 bits per heavy atom. The molecule has 0 aliphatic rings. The van der Waals surface area contributed by atoms with Crippen molar-refractivity contribution in [3.63, 3.8) is 0 Å². The summed E-state index contributed by atoms with van der Waals surface area (Å²) >= 11 is 17.2. The highest BCUT2D eigenvalue weighted by Gasteiger charge is 2.16. The lowest BCUT2D eigenvalue weighted by Gasteiger charge is -2.05. The molecule has 2 rings (SSSR count). The molecule has 0 saturated heterocycles. The van der Waals surface area contributed by atoms with Gasteiger partial charge in [0.2, 0.25) is 0 Å². The number of benzene rings is 2. The van der Waals surface area contributed by atoms with Gasteiger partial charge in [0.05, 0.1) is 16.1 Å². The van der Waals surface area contributed by atoms with Crippen LogP contribution in [0.5, 0.6) is 0 Å². The normalized spacial score (nSPS) is 10.0. The monoisotopic (exact) mass is 344 g/mol. The minimum Gasteiger partial charge on any atom is -0.242 e. The Morgan fingerprint density at radius 3 is 1.95 bits per heavy atom. The Hall–Kier alpha value is -1.75. The molecule has 0 spiro atoms. The average Bonchev–Trinajstić information content (AvgIpc) is 2.45. The van der Waals surface area contributed by atoms with Gasteiger partial charge in [0.1, 0.15) is 0 Å². The van der Waals surface area contributed by atoms with Gasteiger partial charge in [-0.2, -0.15) is 0 Å². The molecule has 0 saturated carbocycles. The summed E-state index contributed by atoms with van der Waals surface area (Å²) in [5.74, 6) is -1.73. The molecule has 0 N–H and O–H groups in total. The van der Waals surface area contributed by atoms with Crippen molar-refractivity contribution >= 4 is 46.7 Å². The predicted molar refractivity (Wildman–Crippen MR) is 78.7 cm³/mol. The largest absolute Gasteiger partial charge is 0.387 e. The van der Waals surface area contributed by atoms with Crippen molar-refractivity contribution < 1.29 is 19.4 Å². The number of hydrogen-bond acceptors (Lipinski definition) is 4. The summed E-state index contributed by atoms with van der Waals surface area (Å²) < 4.78 is 0. The zero-order chi connectivity index (χ0) is 15.4. The number of carbonyl (C=O) groups excluding carboxylic acids is 2. The highest BCUT2D eigenvalue weighted by Crippen LogP contribution is 2.21. The molecule has 2 aromatic rings. The highest BCUT2D eigenvalue weighted by molar-refractivity contribution is 6.36. The van der Waals surface area contributed by atoms with Gasteiger partial charge in [-0.05, 0) is 42.5 Å². The lowest BCUT2D eigenvalue weighted by Crippen LogP contribution is -2.12. The first-order chi connectivity index (χ1) is 9.97. The van der Waals surface area contributed by atoms with Gasteiger partial charge in [0.25, 0.3) is 0 Å². The third-order valence-corrected chi connectivity index (χ3v) is 3.22.